The summed E-state index contributed by atoms with van der Waals surface area (Å²) in [6.45, 7) is 41.3. The highest BCUT2D eigenvalue weighted by atomic mass is 32.2. The molecule has 21 atom stereocenters. The SMILES string of the molecule is CC[C@H]1[C@@H](O[Si](C)(C)C)[C@@H]2[C@H](CC[C@]3(C)[C@@H]([C@H](C)COC(=O)NS(=O)(=O)c4ccc5c(c4)CCC(C)(C)O5)CC[C@@H]23)[C@@]2(C)CCC(=O)C[C@@H]12.CC[C@H]1[C@@H](O[Si](C)(C)C)[C@@H]2[C@H](CC[C@]3(C)[C@@H]([C@H](C)COC(=O)NS(=O)(=O)c4ccc5c(c4)CCC(C)(C)O5)CC[C@@H]23)[C@@]2(C)CC[C@@H](O)C[C@@H]12. The van der Waals surface area contributed by atoms with Gasteiger partial charge in [-0.15, -0.1) is 0 Å². The summed E-state index contributed by atoms with van der Waals surface area (Å²) in [7, 11) is -11.9. The summed E-state index contributed by atoms with van der Waals surface area (Å²) in [5.41, 5.74) is 1.64. The maximum Gasteiger partial charge on any atom is 0.421 e. The predicted octanol–water partition coefficient (Wildman–Crippen LogP) is 16.9. The number of fused-ring (bicyclic) bond motifs is 12. The van der Waals surface area contributed by atoms with Gasteiger partial charge in [-0.2, -0.15) is 0 Å². The number of nitrogens with one attached hydrogen (secondary N) is 2. The van der Waals surface area contributed by atoms with Crippen LogP contribution in [0.1, 0.15) is 210 Å². The molecule has 0 saturated heterocycles. The lowest BCUT2D eigenvalue weighted by Crippen LogP contribution is -2.63. The quantitative estimate of drug-likeness (QED) is 0.133. The Balaban J connectivity index is 0.000000198. The zero-order chi connectivity index (χ0) is 71.5. The van der Waals surface area contributed by atoms with Gasteiger partial charge in [-0.05, 0) is 322 Å². The molecule has 0 aromatic heterocycles. The highest BCUT2D eigenvalue weighted by Gasteiger charge is 2.68. The average molecular weight is 1430 g/mol. The number of aliphatic hydroxyl groups is 1. The third-order valence-corrected chi connectivity index (χ3v) is 32.5. The van der Waals surface area contributed by atoms with E-state index < -0.39 is 48.9 Å². The van der Waals surface area contributed by atoms with Crippen molar-refractivity contribution in [2.24, 2.45) is 105 Å². The van der Waals surface area contributed by atoms with Crippen molar-refractivity contribution in [2.75, 3.05) is 13.2 Å². The van der Waals surface area contributed by atoms with Crippen molar-refractivity contribution in [1.29, 1.82) is 0 Å². The molecule has 98 heavy (non-hydrogen) atoms. The van der Waals surface area contributed by atoms with E-state index in [2.05, 4.69) is 104 Å². The Hall–Kier alpha value is -3.54. The van der Waals surface area contributed by atoms with Crippen LogP contribution in [-0.4, -0.2) is 99.3 Å². The third-order valence-electron chi connectivity index (χ3n) is 27.9. The summed E-state index contributed by atoms with van der Waals surface area (Å²) in [6.07, 6.45) is 17.8. The van der Waals surface area contributed by atoms with Crippen LogP contribution < -0.4 is 18.9 Å². The van der Waals surface area contributed by atoms with E-state index in [9.17, 15) is 36.3 Å². The molecule has 8 saturated carbocycles. The molecule has 3 N–H and O–H groups in total. The van der Waals surface area contributed by atoms with Gasteiger partial charge >= 0.3 is 12.2 Å². The number of hydrogen-bond acceptors (Lipinski definition) is 14. The lowest BCUT2D eigenvalue weighted by molar-refractivity contribution is -0.198. The number of amides is 2. The van der Waals surface area contributed by atoms with Crippen molar-refractivity contribution >= 4 is 54.7 Å². The zero-order valence-electron chi connectivity index (χ0n) is 62.9. The molecule has 16 nitrogen and oxygen atoms in total. The molecule has 2 heterocycles. The normalized spacial score (nSPS) is 38.2. The van der Waals surface area contributed by atoms with Gasteiger partial charge in [0.1, 0.15) is 28.5 Å². The molecule has 0 unspecified atom stereocenters. The fourth-order valence-corrected chi connectivity index (χ4v) is 27.6. The summed E-state index contributed by atoms with van der Waals surface area (Å²) in [5.74, 6) is 7.60. The first kappa shape index (κ1) is 75.6. The minimum Gasteiger partial charge on any atom is -0.488 e. The Labute approximate surface area is 591 Å². The molecule has 2 aromatic rings. The minimum atomic E-state index is -4.09. The van der Waals surface area contributed by atoms with Gasteiger partial charge in [-0.3, -0.25) is 4.79 Å². The van der Waals surface area contributed by atoms with E-state index in [1.807, 2.05) is 27.7 Å². The molecular formula is C78H124N2O14S2Si2. The Kier molecular flexibility index (Phi) is 21.2. The molecule has 8 aliphatic carbocycles. The van der Waals surface area contributed by atoms with Crippen molar-refractivity contribution < 1.29 is 64.1 Å². The summed E-state index contributed by atoms with van der Waals surface area (Å²) >= 11 is 0. The van der Waals surface area contributed by atoms with E-state index in [1.165, 1.54) is 18.6 Å². The number of carbonyl (C=O) groups is 3. The second-order valence-corrected chi connectivity index (χ2v) is 49.4. The first-order chi connectivity index (χ1) is 45.6. The highest BCUT2D eigenvalue weighted by Crippen LogP contribution is 2.72. The second-order valence-electron chi connectivity index (χ2n) is 37.1. The second kappa shape index (κ2) is 27.5. The predicted molar refractivity (Wildman–Crippen MR) is 388 cm³/mol. The molecular weight excluding hydrogens is 1310 g/mol. The van der Waals surface area contributed by atoms with Crippen LogP contribution in [0.15, 0.2) is 46.2 Å². The lowest BCUT2D eigenvalue weighted by atomic mass is 9.41. The first-order valence-corrected chi connectivity index (χ1v) is 47.9. The monoisotopic (exact) mass is 1430 g/mol. The Bertz CT molecular complexity index is 3520. The van der Waals surface area contributed by atoms with Crippen LogP contribution in [-0.2, 0) is 56.0 Å². The molecule has 12 rings (SSSR count). The fourth-order valence-electron chi connectivity index (χ4n) is 23.4. The van der Waals surface area contributed by atoms with Crippen LogP contribution in [0.25, 0.3) is 0 Å². The van der Waals surface area contributed by atoms with Crippen molar-refractivity contribution in [2.45, 2.75) is 290 Å². The molecule has 550 valence electrons. The van der Waals surface area contributed by atoms with E-state index >= 15 is 0 Å². The maximum atomic E-state index is 13.2. The van der Waals surface area contributed by atoms with Crippen LogP contribution in [0, 0.1) is 105 Å². The molecule has 2 aliphatic heterocycles. The summed E-state index contributed by atoms with van der Waals surface area (Å²) in [6, 6.07) is 9.52. The molecule has 0 bridgehead atoms. The number of ether oxygens (including phenoxy) is 4. The molecule has 2 amide bonds. The van der Waals surface area contributed by atoms with Crippen molar-refractivity contribution in [3.63, 3.8) is 0 Å². The molecule has 10 aliphatic rings. The number of carbonyl (C=O) groups excluding carboxylic acids is 3. The Morgan fingerprint density at radius 1 is 0.541 bits per heavy atom. The molecule has 20 heteroatoms. The van der Waals surface area contributed by atoms with E-state index in [4.69, 9.17) is 27.8 Å². The van der Waals surface area contributed by atoms with Gasteiger partial charge in [0.25, 0.3) is 20.0 Å². The Morgan fingerprint density at radius 3 is 1.36 bits per heavy atom. The van der Waals surface area contributed by atoms with Crippen LogP contribution in [0.5, 0.6) is 11.5 Å². The number of rotatable bonds is 16. The van der Waals surface area contributed by atoms with Gasteiger partial charge < -0.3 is 32.9 Å². The molecule has 0 radical (unpaired) electrons. The number of hydrogen-bond donors (Lipinski definition) is 3. The van der Waals surface area contributed by atoms with Gasteiger partial charge in [0.15, 0.2) is 16.6 Å². The van der Waals surface area contributed by atoms with Gasteiger partial charge in [0.2, 0.25) is 0 Å². The minimum absolute atomic E-state index is 0.0358. The first-order valence-electron chi connectivity index (χ1n) is 38.1. The summed E-state index contributed by atoms with van der Waals surface area (Å²) in [4.78, 5) is 38.8. The third kappa shape index (κ3) is 14.8. The average Bonchev–Trinajstić information content (AvgIpc) is 1.30. The van der Waals surface area contributed by atoms with Crippen molar-refractivity contribution in [3.8, 4) is 11.5 Å². The summed E-state index contributed by atoms with van der Waals surface area (Å²) < 4.78 is 94.8. The smallest absolute Gasteiger partial charge is 0.421 e. The molecule has 8 fully saturated rings. The van der Waals surface area contributed by atoms with Gasteiger partial charge in [0.05, 0.1) is 41.3 Å². The van der Waals surface area contributed by atoms with Crippen molar-refractivity contribution in [3.05, 3.63) is 47.5 Å². The number of Topliss-reactive ketones (excluding diaryl/α,β-unsaturated/α-hetero) is 1. The maximum absolute atomic E-state index is 13.2. The van der Waals surface area contributed by atoms with E-state index in [0.717, 1.165) is 107 Å². The van der Waals surface area contributed by atoms with Crippen LogP contribution in [0.3, 0.4) is 0 Å². The van der Waals surface area contributed by atoms with Gasteiger partial charge in [-0.25, -0.2) is 35.9 Å². The van der Waals surface area contributed by atoms with Crippen LogP contribution >= 0.6 is 0 Å². The fraction of sp³-hybridized carbons (Fsp3) is 0.808. The Morgan fingerprint density at radius 2 is 0.939 bits per heavy atom. The number of benzene rings is 2. The highest BCUT2D eigenvalue weighted by molar-refractivity contribution is 7.90. The molecule has 2 aromatic carbocycles. The number of ketones is 1. The van der Waals surface area contributed by atoms with Crippen LogP contribution in [0.2, 0.25) is 39.3 Å². The topological polar surface area (TPSA) is 219 Å². The van der Waals surface area contributed by atoms with Gasteiger partial charge in [-0.1, -0.05) is 68.2 Å². The van der Waals surface area contributed by atoms with Gasteiger partial charge in [0, 0.05) is 12.8 Å². The number of sulfonamides is 2. The van der Waals surface area contributed by atoms with E-state index in [1.54, 1.807) is 24.3 Å². The lowest BCUT2D eigenvalue weighted by Gasteiger charge is -2.66. The largest absolute Gasteiger partial charge is 0.488 e. The van der Waals surface area contributed by atoms with Crippen LogP contribution in [0.4, 0.5) is 9.59 Å². The van der Waals surface area contributed by atoms with E-state index in [0.29, 0.717) is 114 Å². The zero-order valence-corrected chi connectivity index (χ0v) is 66.5. The molecule has 0 spiro atoms. The van der Waals surface area contributed by atoms with Crippen molar-refractivity contribution in [1.82, 2.24) is 9.44 Å². The summed E-state index contributed by atoms with van der Waals surface area (Å²) in [5, 5.41) is 10.8. The number of aryl methyl sites for hydroxylation is 2. The standard InChI is InChI=1S/C39H63NO7SSi.C39H61NO7SSi/c2*1-10-28-32-22-26(41)16-19-39(32,6)31-17-20-38(5)29(12-13-30(38)34(31)35(28)47-49(7,8)9)24(2)23-45-36(42)40-48(43,44)27-11-14-33-25(21-27)15-18-37(3,4)46-33/h11,14,21,24,26,28-32,34-35,41H,10,12-13,15-20,22-23H2,1-9H3,(H,40,42);11,14,21,24,28-32,34-35H,10,12-13,15-20,22-23H2,1-9H3,(H,40,42)/t24-,26-,28-,29-,30+,31+,32+,34+,35-,38-,39-;24-,28-,29-,30+,31+,32+,34+,35-,38-,39-/m11/s1. The number of aliphatic hydroxyl groups excluding tert-OH is 1. The van der Waals surface area contributed by atoms with E-state index in [-0.39, 0.29) is 86.0 Å².